The predicted molar refractivity (Wildman–Crippen MR) is 97.2 cm³/mol. The molecule has 0 unspecified atom stereocenters. The Morgan fingerprint density at radius 1 is 1.24 bits per heavy atom. The first kappa shape index (κ1) is 17.6. The average molecular weight is 341 g/mol. The van der Waals surface area contributed by atoms with Gasteiger partial charge in [0.05, 0.1) is 5.69 Å². The number of nitrogens with zero attached hydrogens (tertiary/aromatic N) is 4. The normalized spacial score (nSPS) is 15.3. The molecule has 1 aromatic carbocycles. The van der Waals surface area contributed by atoms with E-state index in [9.17, 15) is 4.79 Å². The monoisotopic (exact) mass is 341 g/mol. The SMILES string of the molecule is CCc1ccc(CN(C)C(=O)Cn2cc(C3CCNCC3)nn2)cc1. The molecule has 0 saturated carbocycles. The molecule has 1 N–H and O–H groups in total. The fourth-order valence-corrected chi connectivity index (χ4v) is 3.20. The molecule has 0 bridgehead atoms. The molecule has 0 radical (unpaired) electrons. The summed E-state index contributed by atoms with van der Waals surface area (Å²) in [4.78, 5) is 14.2. The molecule has 1 aliphatic rings. The van der Waals surface area contributed by atoms with Crippen molar-refractivity contribution < 1.29 is 4.79 Å². The van der Waals surface area contributed by atoms with Gasteiger partial charge in [-0.2, -0.15) is 0 Å². The Hall–Kier alpha value is -2.21. The largest absolute Gasteiger partial charge is 0.340 e. The van der Waals surface area contributed by atoms with Crippen LogP contribution in [-0.2, 0) is 24.3 Å². The summed E-state index contributed by atoms with van der Waals surface area (Å²) in [5.41, 5.74) is 3.46. The standard InChI is InChI=1S/C19H27N5O/c1-3-15-4-6-16(7-5-15)12-23(2)19(25)14-24-13-18(21-22-24)17-8-10-20-11-9-17/h4-7,13,17,20H,3,8-12,14H2,1-2H3. The second-order valence-electron chi connectivity index (χ2n) is 6.79. The Labute approximate surface area is 149 Å². The highest BCUT2D eigenvalue weighted by atomic mass is 16.2. The summed E-state index contributed by atoms with van der Waals surface area (Å²) in [7, 11) is 1.83. The number of hydrogen-bond donors (Lipinski definition) is 1. The van der Waals surface area contributed by atoms with Gasteiger partial charge in [0.1, 0.15) is 6.54 Å². The molecule has 1 fully saturated rings. The van der Waals surface area contributed by atoms with Crippen LogP contribution in [0.2, 0.25) is 0 Å². The molecule has 6 heteroatoms. The molecule has 0 aliphatic carbocycles. The zero-order valence-corrected chi connectivity index (χ0v) is 15.1. The van der Waals surface area contributed by atoms with Gasteiger partial charge < -0.3 is 10.2 Å². The number of nitrogens with one attached hydrogen (secondary N) is 1. The van der Waals surface area contributed by atoms with Crippen molar-refractivity contribution in [3.8, 4) is 0 Å². The van der Waals surface area contributed by atoms with E-state index < -0.39 is 0 Å². The zero-order chi connectivity index (χ0) is 17.6. The summed E-state index contributed by atoms with van der Waals surface area (Å²) in [6.45, 7) is 5.03. The van der Waals surface area contributed by atoms with E-state index in [1.54, 1.807) is 9.58 Å². The van der Waals surface area contributed by atoms with Crippen molar-refractivity contribution in [2.24, 2.45) is 0 Å². The van der Waals surface area contributed by atoms with E-state index in [1.165, 1.54) is 5.56 Å². The second-order valence-corrected chi connectivity index (χ2v) is 6.79. The molecule has 134 valence electrons. The molecule has 2 heterocycles. The lowest BCUT2D eigenvalue weighted by molar-refractivity contribution is -0.131. The van der Waals surface area contributed by atoms with Gasteiger partial charge in [0.15, 0.2) is 0 Å². The maximum absolute atomic E-state index is 12.5. The zero-order valence-electron chi connectivity index (χ0n) is 15.1. The van der Waals surface area contributed by atoms with E-state index in [0.717, 1.165) is 43.6 Å². The minimum Gasteiger partial charge on any atom is -0.340 e. The van der Waals surface area contributed by atoms with Crippen LogP contribution < -0.4 is 5.32 Å². The van der Waals surface area contributed by atoms with Crippen LogP contribution in [0.1, 0.15) is 42.5 Å². The minimum absolute atomic E-state index is 0.0429. The summed E-state index contributed by atoms with van der Waals surface area (Å²) < 4.78 is 1.66. The quantitative estimate of drug-likeness (QED) is 0.872. The molecule has 3 rings (SSSR count). The first-order chi connectivity index (χ1) is 12.2. The van der Waals surface area contributed by atoms with Crippen molar-refractivity contribution >= 4 is 5.91 Å². The summed E-state index contributed by atoms with van der Waals surface area (Å²) in [5.74, 6) is 0.501. The molecule has 1 saturated heterocycles. The molecule has 0 spiro atoms. The van der Waals surface area contributed by atoms with Crippen LogP contribution in [0.15, 0.2) is 30.5 Å². The van der Waals surface area contributed by atoms with Crippen LogP contribution in [0.3, 0.4) is 0 Å². The van der Waals surface area contributed by atoms with Crippen molar-refractivity contribution in [1.82, 2.24) is 25.2 Å². The summed E-state index contributed by atoms with van der Waals surface area (Å²) >= 11 is 0. The number of hydrogen-bond acceptors (Lipinski definition) is 4. The lowest BCUT2D eigenvalue weighted by Gasteiger charge is -2.20. The smallest absolute Gasteiger partial charge is 0.244 e. The number of piperidine rings is 1. The number of carbonyl (C=O) groups is 1. The highest BCUT2D eigenvalue weighted by molar-refractivity contribution is 5.75. The van der Waals surface area contributed by atoms with Crippen molar-refractivity contribution in [3.63, 3.8) is 0 Å². The molecular weight excluding hydrogens is 314 g/mol. The minimum atomic E-state index is 0.0429. The van der Waals surface area contributed by atoms with Gasteiger partial charge in [-0.25, -0.2) is 4.68 Å². The van der Waals surface area contributed by atoms with Crippen molar-refractivity contribution in [2.75, 3.05) is 20.1 Å². The van der Waals surface area contributed by atoms with E-state index >= 15 is 0 Å². The molecular formula is C19H27N5O. The van der Waals surface area contributed by atoms with Gasteiger partial charge in [-0.1, -0.05) is 36.4 Å². The fourth-order valence-electron chi connectivity index (χ4n) is 3.20. The third kappa shape index (κ3) is 4.66. The lowest BCUT2D eigenvalue weighted by atomic mass is 9.95. The molecule has 6 nitrogen and oxygen atoms in total. The van der Waals surface area contributed by atoms with Gasteiger partial charge in [0, 0.05) is 25.7 Å². The topological polar surface area (TPSA) is 63.1 Å². The molecule has 0 atom stereocenters. The Balaban J connectivity index is 1.54. The molecule has 1 amide bonds. The molecule has 1 aliphatic heterocycles. The van der Waals surface area contributed by atoms with Crippen LogP contribution in [-0.4, -0.2) is 45.9 Å². The number of rotatable bonds is 6. The maximum atomic E-state index is 12.5. The van der Waals surface area contributed by atoms with E-state index in [1.807, 2.05) is 13.2 Å². The predicted octanol–water partition coefficient (Wildman–Crippen LogP) is 1.97. The van der Waals surface area contributed by atoms with Crippen LogP contribution in [0.5, 0.6) is 0 Å². The number of aryl methyl sites for hydroxylation is 1. The molecule has 2 aromatic rings. The van der Waals surface area contributed by atoms with E-state index in [0.29, 0.717) is 12.5 Å². The van der Waals surface area contributed by atoms with E-state index in [2.05, 4.69) is 46.8 Å². The Bertz CT molecular complexity index is 688. The van der Waals surface area contributed by atoms with Gasteiger partial charge in [0.2, 0.25) is 5.91 Å². The van der Waals surface area contributed by atoms with Crippen molar-refractivity contribution in [3.05, 3.63) is 47.3 Å². The average Bonchev–Trinajstić information content (AvgIpc) is 3.11. The van der Waals surface area contributed by atoms with Gasteiger partial charge in [-0.15, -0.1) is 5.10 Å². The number of carbonyl (C=O) groups excluding carboxylic acids is 1. The van der Waals surface area contributed by atoms with Crippen LogP contribution in [0, 0.1) is 0 Å². The van der Waals surface area contributed by atoms with Gasteiger partial charge in [-0.3, -0.25) is 4.79 Å². The van der Waals surface area contributed by atoms with E-state index in [4.69, 9.17) is 0 Å². The summed E-state index contributed by atoms with van der Waals surface area (Å²) in [5, 5.41) is 11.8. The molecule has 25 heavy (non-hydrogen) atoms. The third-order valence-electron chi connectivity index (χ3n) is 4.89. The van der Waals surface area contributed by atoms with E-state index in [-0.39, 0.29) is 12.5 Å². The fraction of sp³-hybridized carbons (Fsp3) is 0.526. The van der Waals surface area contributed by atoms with Gasteiger partial charge in [-0.05, 0) is 43.5 Å². The van der Waals surface area contributed by atoms with Crippen molar-refractivity contribution in [2.45, 2.75) is 45.2 Å². The van der Waals surface area contributed by atoms with Crippen molar-refractivity contribution in [1.29, 1.82) is 0 Å². The Morgan fingerprint density at radius 2 is 1.92 bits per heavy atom. The maximum Gasteiger partial charge on any atom is 0.244 e. The second kappa shape index (κ2) is 8.25. The molecule has 1 aromatic heterocycles. The summed E-state index contributed by atoms with van der Waals surface area (Å²) in [6.07, 6.45) is 5.12. The van der Waals surface area contributed by atoms with Crippen LogP contribution in [0.4, 0.5) is 0 Å². The van der Waals surface area contributed by atoms with Gasteiger partial charge in [0.25, 0.3) is 0 Å². The first-order valence-corrected chi connectivity index (χ1v) is 9.08. The lowest BCUT2D eigenvalue weighted by Crippen LogP contribution is -2.30. The number of amides is 1. The number of aromatic nitrogens is 3. The van der Waals surface area contributed by atoms with Gasteiger partial charge >= 0.3 is 0 Å². The first-order valence-electron chi connectivity index (χ1n) is 9.08. The summed E-state index contributed by atoms with van der Waals surface area (Å²) in [6, 6.07) is 8.42. The third-order valence-corrected chi connectivity index (χ3v) is 4.89. The Kier molecular flexibility index (Phi) is 5.81. The van der Waals surface area contributed by atoms with Crippen LogP contribution in [0.25, 0.3) is 0 Å². The van der Waals surface area contributed by atoms with Crippen LogP contribution >= 0.6 is 0 Å². The number of likely N-dealkylation sites (N-methyl/N-ethyl adjacent to an activating group) is 1. The highest BCUT2D eigenvalue weighted by Crippen LogP contribution is 2.22. The highest BCUT2D eigenvalue weighted by Gasteiger charge is 2.19. The Morgan fingerprint density at radius 3 is 2.60 bits per heavy atom. The number of benzene rings is 1.